The maximum absolute atomic E-state index is 12.8. The van der Waals surface area contributed by atoms with Crippen molar-refractivity contribution in [1.29, 1.82) is 0 Å². The molecular weight excluding hydrogens is 332 g/mol. The van der Waals surface area contributed by atoms with Gasteiger partial charge < -0.3 is 15.4 Å². The summed E-state index contributed by atoms with van der Waals surface area (Å²) in [5.74, 6) is 0.800. The molecule has 0 radical (unpaired) electrons. The van der Waals surface area contributed by atoms with E-state index in [2.05, 4.69) is 33.5 Å². The van der Waals surface area contributed by atoms with E-state index in [1.54, 1.807) is 7.11 Å². The van der Waals surface area contributed by atoms with Gasteiger partial charge in [-0.1, -0.05) is 29.3 Å². The molecule has 1 heterocycles. The standard InChI is InChI=1S/C16H23BrN2O2/c1-3-6-16(7-9-18-10-8-16)15(20)19-13-11-12(17)4-5-14(13)21-2/h4-5,11,18H,3,6-10H2,1-2H3,(H,19,20). The number of hydrogen-bond acceptors (Lipinski definition) is 3. The fraction of sp³-hybridized carbons (Fsp3) is 0.562. The molecule has 2 rings (SSSR count). The predicted octanol–water partition coefficient (Wildman–Crippen LogP) is 3.57. The van der Waals surface area contributed by atoms with Crippen molar-refractivity contribution in [3.8, 4) is 5.75 Å². The summed E-state index contributed by atoms with van der Waals surface area (Å²) >= 11 is 3.44. The number of halogens is 1. The molecule has 0 aliphatic carbocycles. The highest BCUT2D eigenvalue weighted by atomic mass is 79.9. The summed E-state index contributed by atoms with van der Waals surface area (Å²) in [6.07, 6.45) is 3.73. The highest BCUT2D eigenvalue weighted by Crippen LogP contribution is 2.37. The van der Waals surface area contributed by atoms with Gasteiger partial charge in [0.15, 0.2) is 0 Å². The van der Waals surface area contributed by atoms with Gasteiger partial charge in [-0.05, 0) is 50.6 Å². The normalized spacial score (nSPS) is 17.3. The van der Waals surface area contributed by atoms with E-state index in [0.717, 1.165) is 48.9 Å². The third-order valence-electron chi connectivity index (χ3n) is 4.18. The molecular formula is C16H23BrN2O2. The van der Waals surface area contributed by atoms with E-state index >= 15 is 0 Å². The van der Waals surface area contributed by atoms with Crippen LogP contribution in [0.4, 0.5) is 5.69 Å². The molecule has 116 valence electrons. The van der Waals surface area contributed by atoms with Crippen molar-refractivity contribution in [3.05, 3.63) is 22.7 Å². The van der Waals surface area contributed by atoms with Gasteiger partial charge in [0, 0.05) is 4.47 Å². The number of benzene rings is 1. The minimum atomic E-state index is -0.257. The van der Waals surface area contributed by atoms with Crippen LogP contribution in [0.1, 0.15) is 32.6 Å². The lowest BCUT2D eigenvalue weighted by molar-refractivity contribution is -0.127. The number of carbonyl (C=O) groups excluding carboxylic acids is 1. The van der Waals surface area contributed by atoms with Gasteiger partial charge in [0.05, 0.1) is 18.2 Å². The molecule has 0 bridgehead atoms. The zero-order valence-electron chi connectivity index (χ0n) is 12.7. The first-order chi connectivity index (χ1) is 10.1. The first-order valence-electron chi connectivity index (χ1n) is 7.47. The van der Waals surface area contributed by atoms with Crippen LogP contribution in [0.25, 0.3) is 0 Å². The lowest BCUT2D eigenvalue weighted by atomic mass is 9.74. The Morgan fingerprint density at radius 2 is 2.14 bits per heavy atom. The molecule has 0 atom stereocenters. The van der Waals surface area contributed by atoms with Gasteiger partial charge in [0.25, 0.3) is 0 Å². The minimum absolute atomic E-state index is 0.113. The molecule has 5 heteroatoms. The van der Waals surface area contributed by atoms with Crippen LogP contribution >= 0.6 is 15.9 Å². The van der Waals surface area contributed by atoms with Gasteiger partial charge in [0.1, 0.15) is 5.75 Å². The second-order valence-electron chi connectivity index (χ2n) is 5.58. The zero-order chi connectivity index (χ0) is 15.3. The largest absolute Gasteiger partial charge is 0.495 e. The molecule has 2 N–H and O–H groups in total. The van der Waals surface area contributed by atoms with E-state index in [4.69, 9.17) is 4.74 Å². The number of methoxy groups -OCH3 is 1. The van der Waals surface area contributed by atoms with E-state index in [-0.39, 0.29) is 11.3 Å². The molecule has 1 aromatic carbocycles. The molecule has 0 aromatic heterocycles. The van der Waals surface area contributed by atoms with Crippen LogP contribution in [0, 0.1) is 5.41 Å². The van der Waals surface area contributed by atoms with Crippen LogP contribution in [0.15, 0.2) is 22.7 Å². The molecule has 0 saturated carbocycles. The summed E-state index contributed by atoms with van der Waals surface area (Å²) in [7, 11) is 1.62. The van der Waals surface area contributed by atoms with Crippen molar-refractivity contribution in [2.45, 2.75) is 32.6 Å². The molecule has 0 spiro atoms. The first-order valence-corrected chi connectivity index (χ1v) is 8.26. The monoisotopic (exact) mass is 354 g/mol. The highest BCUT2D eigenvalue weighted by Gasteiger charge is 2.38. The van der Waals surface area contributed by atoms with Crippen molar-refractivity contribution in [3.63, 3.8) is 0 Å². The van der Waals surface area contributed by atoms with Gasteiger partial charge in [0.2, 0.25) is 5.91 Å². The molecule has 21 heavy (non-hydrogen) atoms. The number of amides is 1. The maximum Gasteiger partial charge on any atom is 0.230 e. The fourth-order valence-electron chi connectivity index (χ4n) is 3.01. The lowest BCUT2D eigenvalue weighted by Gasteiger charge is -2.36. The molecule has 1 saturated heterocycles. The topological polar surface area (TPSA) is 50.4 Å². The second-order valence-corrected chi connectivity index (χ2v) is 6.49. The van der Waals surface area contributed by atoms with Crippen LogP contribution < -0.4 is 15.4 Å². The molecule has 1 aliphatic rings. The van der Waals surface area contributed by atoms with Crippen molar-refractivity contribution in [2.75, 3.05) is 25.5 Å². The number of carbonyl (C=O) groups is 1. The zero-order valence-corrected chi connectivity index (χ0v) is 14.3. The van der Waals surface area contributed by atoms with Crippen molar-refractivity contribution in [2.24, 2.45) is 5.41 Å². The fourth-order valence-corrected chi connectivity index (χ4v) is 3.37. The molecule has 1 aromatic rings. The Morgan fingerprint density at radius 3 is 2.76 bits per heavy atom. The van der Waals surface area contributed by atoms with Crippen LogP contribution in [0.5, 0.6) is 5.75 Å². The van der Waals surface area contributed by atoms with Crippen molar-refractivity contribution < 1.29 is 9.53 Å². The summed E-state index contributed by atoms with van der Waals surface area (Å²) in [6.45, 7) is 3.95. The number of piperidine rings is 1. The molecule has 1 amide bonds. The van der Waals surface area contributed by atoms with E-state index in [9.17, 15) is 4.79 Å². The van der Waals surface area contributed by atoms with Crippen LogP contribution in [0.3, 0.4) is 0 Å². The number of rotatable bonds is 5. The smallest absolute Gasteiger partial charge is 0.230 e. The molecule has 1 aliphatic heterocycles. The van der Waals surface area contributed by atoms with Crippen LogP contribution in [-0.4, -0.2) is 26.1 Å². The number of hydrogen-bond donors (Lipinski definition) is 2. The lowest BCUT2D eigenvalue weighted by Crippen LogP contribution is -2.44. The SMILES string of the molecule is CCCC1(C(=O)Nc2cc(Br)ccc2OC)CCNCC1. The first kappa shape index (κ1) is 16.3. The molecule has 0 unspecified atom stereocenters. The van der Waals surface area contributed by atoms with Crippen LogP contribution in [0.2, 0.25) is 0 Å². The number of nitrogens with one attached hydrogen (secondary N) is 2. The van der Waals surface area contributed by atoms with Gasteiger partial charge >= 0.3 is 0 Å². The van der Waals surface area contributed by atoms with Gasteiger partial charge in [-0.3, -0.25) is 4.79 Å². The third kappa shape index (κ3) is 3.77. The predicted molar refractivity (Wildman–Crippen MR) is 88.8 cm³/mol. The van der Waals surface area contributed by atoms with Crippen molar-refractivity contribution >= 4 is 27.5 Å². The average molecular weight is 355 g/mol. The third-order valence-corrected chi connectivity index (χ3v) is 4.67. The second kappa shape index (κ2) is 7.27. The van der Waals surface area contributed by atoms with Gasteiger partial charge in [-0.2, -0.15) is 0 Å². The summed E-state index contributed by atoms with van der Waals surface area (Å²) in [5, 5.41) is 6.41. The molecule has 1 fully saturated rings. The Labute approximate surface area is 134 Å². The van der Waals surface area contributed by atoms with Crippen LogP contribution in [-0.2, 0) is 4.79 Å². The summed E-state index contributed by atoms with van der Waals surface area (Å²) < 4.78 is 6.26. The summed E-state index contributed by atoms with van der Waals surface area (Å²) in [4.78, 5) is 12.8. The summed E-state index contributed by atoms with van der Waals surface area (Å²) in [6, 6.07) is 5.65. The van der Waals surface area contributed by atoms with E-state index in [1.807, 2.05) is 18.2 Å². The van der Waals surface area contributed by atoms with E-state index in [0.29, 0.717) is 5.75 Å². The Bertz CT molecular complexity index is 494. The maximum atomic E-state index is 12.8. The number of anilines is 1. The van der Waals surface area contributed by atoms with E-state index in [1.165, 1.54) is 0 Å². The Morgan fingerprint density at radius 1 is 1.43 bits per heavy atom. The van der Waals surface area contributed by atoms with E-state index < -0.39 is 0 Å². The molecule has 4 nitrogen and oxygen atoms in total. The quantitative estimate of drug-likeness (QED) is 0.849. The Balaban J connectivity index is 2.20. The minimum Gasteiger partial charge on any atom is -0.495 e. The van der Waals surface area contributed by atoms with Gasteiger partial charge in [-0.25, -0.2) is 0 Å². The Kier molecular flexibility index (Phi) is 5.65. The number of ether oxygens (including phenoxy) is 1. The van der Waals surface area contributed by atoms with Gasteiger partial charge in [-0.15, -0.1) is 0 Å². The Hall–Kier alpha value is -1.07. The van der Waals surface area contributed by atoms with Crippen molar-refractivity contribution in [1.82, 2.24) is 5.32 Å². The summed E-state index contributed by atoms with van der Waals surface area (Å²) in [5.41, 5.74) is 0.471. The highest BCUT2D eigenvalue weighted by molar-refractivity contribution is 9.10. The average Bonchev–Trinajstić information content (AvgIpc) is 2.49.